The molecule has 2 N–H and O–H groups in total. The number of aliphatic hydroxyl groups is 1. The number of carbonyl (C=O) groups excluding carboxylic acids is 1. The summed E-state index contributed by atoms with van der Waals surface area (Å²) in [7, 11) is 1.36. The van der Waals surface area contributed by atoms with Gasteiger partial charge in [-0.05, 0) is 43.7 Å². The van der Waals surface area contributed by atoms with Gasteiger partial charge in [-0.3, -0.25) is 0 Å². The topological polar surface area (TPSA) is 71.7 Å². The fourth-order valence-electron chi connectivity index (χ4n) is 2.68. The Bertz CT molecular complexity index is 879. The van der Waals surface area contributed by atoms with Gasteiger partial charge in [-0.15, -0.1) is 0 Å². The summed E-state index contributed by atoms with van der Waals surface area (Å²) in [6.07, 6.45) is 0. The maximum Gasteiger partial charge on any atom is 0.340 e. The summed E-state index contributed by atoms with van der Waals surface area (Å²) in [5, 5.41) is 14.4. The lowest BCUT2D eigenvalue weighted by molar-refractivity contribution is 0.0602. The number of esters is 1. The second-order valence-corrected chi connectivity index (χ2v) is 5.78. The number of methoxy groups -OCH3 is 1. The molecule has 0 atom stereocenters. The van der Waals surface area contributed by atoms with Gasteiger partial charge < -0.3 is 19.6 Å². The van der Waals surface area contributed by atoms with Crippen LogP contribution < -0.4 is 5.32 Å². The Morgan fingerprint density at radius 1 is 1.22 bits per heavy atom. The van der Waals surface area contributed by atoms with E-state index in [1.807, 2.05) is 38.1 Å². The lowest BCUT2D eigenvalue weighted by Gasteiger charge is -2.13. The molecule has 23 heavy (non-hydrogen) atoms. The van der Waals surface area contributed by atoms with Crippen molar-refractivity contribution >= 4 is 33.6 Å². The summed E-state index contributed by atoms with van der Waals surface area (Å²) in [6, 6.07) is 9.31. The van der Waals surface area contributed by atoms with Crippen molar-refractivity contribution in [2.75, 3.05) is 12.4 Å². The molecule has 5 heteroatoms. The molecule has 0 spiro atoms. The first kappa shape index (κ1) is 15.4. The molecule has 5 nitrogen and oxygen atoms in total. The molecular formula is C18H19NO4. The molecule has 0 aliphatic heterocycles. The predicted molar refractivity (Wildman–Crippen MR) is 89.7 cm³/mol. The van der Waals surface area contributed by atoms with Gasteiger partial charge in [0.05, 0.1) is 19.3 Å². The number of hydrogen-bond acceptors (Lipinski definition) is 5. The van der Waals surface area contributed by atoms with Crippen molar-refractivity contribution in [3.63, 3.8) is 0 Å². The van der Waals surface area contributed by atoms with Crippen LogP contribution in [-0.4, -0.2) is 24.2 Å². The van der Waals surface area contributed by atoms with Crippen LogP contribution in [0, 0.1) is 0 Å². The number of aliphatic hydroxyl groups excluding tert-OH is 1. The normalized spacial score (nSPS) is 11.3. The highest BCUT2D eigenvalue weighted by molar-refractivity contribution is 6.10. The van der Waals surface area contributed by atoms with E-state index >= 15 is 0 Å². The number of nitrogens with one attached hydrogen (secondary N) is 1. The fraction of sp³-hybridized carbons (Fsp3) is 0.278. The Morgan fingerprint density at radius 2 is 1.96 bits per heavy atom. The average Bonchev–Trinajstić information content (AvgIpc) is 2.89. The van der Waals surface area contributed by atoms with Crippen LogP contribution in [-0.2, 0) is 11.3 Å². The minimum atomic E-state index is -0.411. The summed E-state index contributed by atoms with van der Waals surface area (Å²) in [5.74, 6) is -0.411. The first-order valence-electron chi connectivity index (χ1n) is 7.48. The average molecular weight is 313 g/mol. The van der Waals surface area contributed by atoms with E-state index in [0.29, 0.717) is 16.8 Å². The van der Waals surface area contributed by atoms with E-state index in [1.54, 1.807) is 6.07 Å². The van der Waals surface area contributed by atoms with Gasteiger partial charge in [-0.2, -0.15) is 0 Å². The number of anilines is 1. The van der Waals surface area contributed by atoms with Crippen LogP contribution in [0.25, 0.3) is 21.9 Å². The van der Waals surface area contributed by atoms with E-state index in [2.05, 4.69) is 5.32 Å². The molecule has 0 amide bonds. The molecule has 0 unspecified atom stereocenters. The zero-order valence-electron chi connectivity index (χ0n) is 13.3. The lowest BCUT2D eigenvalue weighted by atomic mass is 10.1. The highest BCUT2D eigenvalue weighted by Gasteiger charge is 2.17. The largest absolute Gasteiger partial charge is 0.465 e. The van der Waals surface area contributed by atoms with Crippen LogP contribution in [0.2, 0.25) is 0 Å². The van der Waals surface area contributed by atoms with Crippen molar-refractivity contribution < 1.29 is 19.1 Å². The maximum atomic E-state index is 12.0. The molecule has 0 bridgehead atoms. The van der Waals surface area contributed by atoms with Crippen molar-refractivity contribution in [1.29, 1.82) is 0 Å². The summed E-state index contributed by atoms with van der Waals surface area (Å²) in [4.78, 5) is 12.0. The fourth-order valence-corrected chi connectivity index (χ4v) is 2.68. The van der Waals surface area contributed by atoms with E-state index in [4.69, 9.17) is 9.15 Å². The van der Waals surface area contributed by atoms with Crippen LogP contribution in [0.3, 0.4) is 0 Å². The van der Waals surface area contributed by atoms with Crippen molar-refractivity contribution in [3.05, 3.63) is 41.5 Å². The smallest absolute Gasteiger partial charge is 0.340 e. The van der Waals surface area contributed by atoms with Gasteiger partial charge >= 0.3 is 5.97 Å². The first-order valence-corrected chi connectivity index (χ1v) is 7.48. The van der Waals surface area contributed by atoms with Crippen molar-refractivity contribution in [3.8, 4) is 0 Å². The Morgan fingerprint density at radius 3 is 2.61 bits per heavy atom. The van der Waals surface area contributed by atoms with Crippen molar-refractivity contribution in [1.82, 2.24) is 0 Å². The standard InChI is InChI=1S/C18H19NO4/c1-10(2)19-15-7-13-12-6-11(9-20)4-5-16(12)23-17(13)8-14(15)18(21)22-3/h4-8,10,19-20H,9H2,1-3H3. The number of fused-ring (bicyclic) bond motifs is 3. The third-order valence-corrected chi connectivity index (χ3v) is 3.71. The van der Waals surface area contributed by atoms with E-state index in [0.717, 1.165) is 21.9 Å². The molecule has 0 saturated carbocycles. The van der Waals surface area contributed by atoms with Gasteiger partial charge in [0.15, 0.2) is 0 Å². The Labute approximate surface area is 133 Å². The Balaban J connectivity index is 2.28. The van der Waals surface area contributed by atoms with Gasteiger partial charge in [0.2, 0.25) is 0 Å². The number of rotatable bonds is 4. The second kappa shape index (κ2) is 5.93. The molecule has 0 fully saturated rings. The molecule has 2 aromatic carbocycles. The summed E-state index contributed by atoms with van der Waals surface area (Å²) < 4.78 is 10.7. The van der Waals surface area contributed by atoms with Gasteiger partial charge in [0, 0.05) is 22.5 Å². The highest BCUT2D eigenvalue weighted by atomic mass is 16.5. The third-order valence-electron chi connectivity index (χ3n) is 3.71. The zero-order chi connectivity index (χ0) is 16.6. The molecular weight excluding hydrogens is 294 g/mol. The van der Waals surface area contributed by atoms with E-state index in [-0.39, 0.29) is 12.6 Å². The van der Waals surface area contributed by atoms with E-state index < -0.39 is 5.97 Å². The lowest BCUT2D eigenvalue weighted by Crippen LogP contribution is -2.14. The SMILES string of the molecule is COC(=O)c1cc2oc3ccc(CO)cc3c2cc1NC(C)C. The van der Waals surface area contributed by atoms with E-state index in [1.165, 1.54) is 7.11 Å². The van der Waals surface area contributed by atoms with Gasteiger partial charge in [0.1, 0.15) is 11.2 Å². The van der Waals surface area contributed by atoms with Crippen LogP contribution >= 0.6 is 0 Å². The van der Waals surface area contributed by atoms with Crippen molar-refractivity contribution in [2.45, 2.75) is 26.5 Å². The molecule has 120 valence electrons. The van der Waals surface area contributed by atoms with Crippen LogP contribution in [0.1, 0.15) is 29.8 Å². The first-order chi connectivity index (χ1) is 11.0. The number of furan rings is 1. The minimum Gasteiger partial charge on any atom is -0.465 e. The number of hydrogen-bond donors (Lipinski definition) is 2. The molecule has 0 aliphatic rings. The van der Waals surface area contributed by atoms with E-state index in [9.17, 15) is 9.90 Å². The zero-order valence-corrected chi connectivity index (χ0v) is 13.3. The Kier molecular flexibility index (Phi) is 3.96. The van der Waals surface area contributed by atoms with Crippen molar-refractivity contribution in [2.24, 2.45) is 0 Å². The van der Waals surface area contributed by atoms with Gasteiger partial charge in [-0.25, -0.2) is 4.79 Å². The quantitative estimate of drug-likeness (QED) is 0.719. The summed E-state index contributed by atoms with van der Waals surface area (Å²) in [6.45, 7) is 3.98. The van der Waals surface area contributed by atoms with Crippen LogP contribution in [0.15, 0.2) is 34.7 Å². The molecule has 1 heterocycles. The third kappa shape index (κ3) is 2.75. The molecule has 3 rings (SSSR count). The number of benzene rings is 2. The van der Waals surface area contributed by atoms with Gasteiger partial charge in [0.25, 0.3) is 0 Å². The second-order valence-electron chi connectivity index (χ2n) is 5.78. The summed E-state index contributed by atoms with van der Waals surface area (Å²) in [5.41, 5.74) is 3.29. The maximum absolute atomic E-state index is 12.0. The predicted octanol–water partition coefficient (Wildman–Crippen LogP) is 3.69. The summed E-state index contributed by atoms with van der Waals surface area (Å²) >= 11 is 0. The highest BCUT2D eigenvalue weighted by Crippen LogP contribution is 2.34. The number of ether oxygens (including phenoxy) is 1. The van der Waals surface area contributed by atoms with Crippen LogP contribution in [0.5, 0.6) is 0 Å². The number of carbonyl (C=O) groups is 1. The van der Waals surface area contributed by atoms with Gasteiger partial charge in [-0.1, -0.05) is 6.07 Å². The van der Waals surface area contributed by atoms with Crippen LogP contribution in [0.4, 0.5) is 5.69 Å². The molecule has 0 radical (unpaired) electrons. The molecule has 0 aliphatic carbocycles. The molecule has 0 saturated heterocycles. The minimum absolute atomic E-state index is 0.0278. The molecule has 1 aromatic heterocycles. The molecule has 3 aromatic rings. The Hall–Kier alpha value is -2.53. The monoisotopic (exact) mass is 313 g/mol.